The van der Waals surface area contributed by atoms with E-state index >= 15 is 0 Å². The molecule has 3 saturated heterocycles. The number of rotatable bonds is 1. The number of carboxylic acid groups (broad SMARTS) is 1. The molecule has 5 nitrogen and oxygen atoms in total. The Kier molecular flexibility index (Phi) is 3.37. The van der Waals surface area contributed by atoms with Crippen molar-refractivity contribution >= 4 is 12.0 Å². The number of likely N-dealkylation sites (tertiary alicyclic amines) is 1. The van der Waals surface area contributed by atoms with Crippen molar-refractivity contribution in [2.45, 2.75) is 57.0 Å². The minimum atomic E-state index is -0.735. The van der Waals surface area contributed by atoms with Gasteiger partial charge in [-0.25, -0.2) is 4.79 Å². The van der Waals surface area contributed by atoms with E-state index in [1.54, 1.807) is 0 Å². The van der Waals surface area contributed by atoms with Crippen molar-refractivity contribution < 1.29 is 14.7 Å². The zero-order chi connectivity index (χ0) is 13.4. The number of hydrogen-bond acceptors (Lipinski definition) is 2. The predicted octanol–water partition coefficient (Wildman–Crippen LogP) is 1.92. The second kappa shape index (κ2) is 5.02. The summed E-state index contributed by atoms with van der Waals surface area (Å²) in [6.07, 6.45) is 7.06. The van der Waals surface area contributed by atoms with Crippen LogP contribution in [-0.4, -0.2) is 52.1 Å². The van der Waals surface area contributed by atoms with Gasteiger partial charge in [-0.3, -0.25) is 4.79 Å². The van der Waals surface area contributed by atoms with Gasteiger partial charge in [-0.1, -0.05) is 12.8 Å². The minimum absolute atomic E-state index is 0.0572. The molecule has 0 saturated carbocycles. The second-order valence-corrected chi connectivity index (χ2v) is 6.07. The minimum Gasteiger partial charge on any atom is -0.481 e. The molecule has 0 aliphatic carbocycles. The topological polar surface area (TPSA) is 60.9 Å². The first-order valence-corrected chi connectivity index (χ1v) is 7.48. The maximum Gasteiger partial charge on any atom is 0.320 e. The molecule has 0 radical (unpaired) electrons. The summed E-state index contributed by atoms with van der Waals surface area (Å²) in [5, 5.41) is 9.24. The number of urea groups is 1. The zero-order valence-corrected chi connectivity index (χ0v) is 11.3. The van der Waals surface area contributed by atoms with Gasteiger partial charge in [-0.2, -0.15) is 0 Å². The van der Waals surface area contributed by atoms with Crippen molar-refractivity contribution in [1.29, 1.82) is 0 Å². The van der Waals surface area contributed by atoms with Crippen LogP contribution < -0.4 is 0 Å². The summed E-state index contributed by atoms with van der Waals surface area (Å²) in [5.74, 6) is -1.07. The van der Waals surface area contributed by atoms with E-state index in [0.29, 0.717) is 6.42 Å². The third-order valence-corrected chi connectivity index (χ3v) is 4.95. The maximum atomic E-state index is 12.6. The van der Waals surface area contributed by atoms with E-state index in [9.17, 15) is 14.7 Å². The van der Waals surface area contributed by atoms with Crippen LogP contribution in [0.15, 0.2) is 0 Å². The molecule has 0 aromatic carbocycles. The summed E-state index contributed by atoms with van der Waals surface area (Å²) in [6.45, 7) is 1.68. The lowest BCUT2D eigenvalue weighted by atomic mass is 9.89. The number of nitrogens with zero attached hydrogens (tertiary/aromatic N) is 2. The highest BCUT2D eigenvalue weighted by Crippen LogP contribution is 2.42. The van der Waals surface area contributed by atoms with Crippen LogP contribution in [0.4, 0.5) is 4.79 Å². The molecule has 3 rings (SSSR count). The molecule has 2 bridgehead atoms. The molecular formula is C14H22N2O3. The summed E-state index contributed by atoms with van der Waals surface area (Å²) >= 11 is 0. The fourth-order valence-electron chi connectivity index (χ4n) is 3.98. The second-order valence-electron chi connectivity index (χ2n) is 6.07. The lowest BCUT2D eigenvalue weighted by Crippen LogP contribution is -2.47. The van der Waals surface area contributed by atoms with E-state index < -0.39 is 5.97 Å². The molecule has 3 aliphatic heterocycles. The molecule has 3 heterocycles. The van der Waals surface area contributed by atoms with Crippen LogP contribution in [-0.2, 0) is 4.79 Å². The molecule has 0 aromatic heterocycles. The van der Waals surface area contributed by atoms with E-state index in [2.05, 4.69) is 0 Å². The van der Waals surface area contributed by atoms with Gasteiger partial charge in [0.2, 0.25) is 0 Å². The van der Waals surface area contributed by atoms with E-state index in [0.717, 1.165) is 38.8 Å². The first-order chi connectivity index (χ1) is 9.18. The third kappa shape index (κ3) is 2.19. The molecule has 1 N–H and O–H groups in total. The molecule has 2 amide bonds. The molecule has 19 heavy (non-hydrogen) atoms. The van der Waals surface area contributed by atoms with Gasteiger partial charge in [-0.05, 0) is 32.1 Å². The maximum absolute atomic E-state index is 12.6. The normalized spacial score (nSPS) is 34.4. The van der Waals surface area contributed by atoms with Crippen molar-refractivity contribution in [3.05, 3.63) is 0 Å². The van der Waals surface area contributed by atoms with Gasteiger partial charge < -0.3 is 14.9 Å². The summed E-state index contributed by atoms with van der Waals surface area (Å²) in [7, 11) is 0. The van der Waals surface area contributed by atoms with Crippen LogP contribution in [0.2, 0.25) is 0 Å². The van der Waals surface area contributed by atoms with Crippen LogP contribution in [0.3, 0.4) is 0 Å². The Hall–Kier alpha value is -1.26. The van der Waals surface area contributed by atoms with Gasteiger partial charge in [0.15, 0.2) is 0 Å². The van der Waals surface area contributed by atoms with Crippen LogP contribution >= 0.6 is 0 Å². The Balaban J connectivity index is 1.71. The molecule has 106 valence electrons. The van der Waals surface area contributed by atoms with Crippen LogP contribution in [0, 0.1) is 5.92 Å². The molecule has 3 unspecified atom stereocenters. The largest absolute Gasteiger partial charge is 0.481 e. The van der Waals surface area contributed by atoms with Crippen molar-refractivity contribution in [3.8, 4) is 0 Å². The lowest BCUT2D eigenvalue weighted by molar-refractivity contribution is -0.142. The Morgan fingerprint density at radius 2 is 1.68 bits per heavy atom. The molecule has 5 heteroatoms. The third-order valence-electron chi connectivity index (χ3n) is 4.95. The van der Waals surface area contributed by atoms with Crippen LogP contribution in [0.1, 0.15) is 44.9 Å². The highest BCUT2D eigenvalue weighted by Gasteiger charge is 2.52. The predicted molar refractivity (Wildman–Crippen MR) is 69.8 cm³/mol. The van der Waals surface area contributed by atoms with Gasteiger partial charge >= 0.3 is 12.0 Å². The number of aliphatic carboxylic acids is 1. The van der Waals surface area contributed by atoms with Gasteiger partial charge in [0.25, 0.3) is 0 Å². The first-order valence-electron chi connectivity index (χ1n) is 7.48. The zero-order valence-electron chi connectivity index (χ0n) is 11.3. The van der Waals surface area contributed by atoms with Crippen molar-refractivity contribution in [3.63, 3.8) is 0 Å². The number of hydrogen-bond donors (Lipinski definition) is 1. The molecule has 3 fully saturated rings. The number of fused-ring (bicyclic) bond motifs is 2. The lowest BCUT2D eigenvalue weighted by Gasteiger charge is -2.30. The van der Waals surface area contributed by atoms with Gasteiger partial charge in [-0.15, -0.1) is 0 Å². The molecule has 3 aliphatic rings. The van der Waals surface area contributed by atoms with Crippen molar-refractivity contribution in [2.75, 3.05) is 13.1 Å². The van der Waals surface area contributed by atoms with Gasteiger partial charge in [0.05, 0.1) is 5.92 Å². The smallest absolute Gasteiger partial charge is 0.320 e. The van der Waals surface area contributed by atoms with Crippen molar-refractivity contribution in [2.24, 2.45) is 5.92 Å². The quantitative estimate of drug-likeness (QED) is 0.788. The molecule has 3 atom stereocenters. The Bertz CT molecular complexity index is 377. The van der Waals surface area contributed by atoms with Gasteiger partial charge in [0, 0.05) is 25.2 Å². The highest BCUT2D eigenvalue weighted by molar-refractivity contribution is 5.79. The average Bonchev–Trinajstić information content (AvgIpc) is 2.84. The monoisotopic (exact) mass is 266 g/mol. The Morgan fingerprint density at radius 1 is 1.00 bits per heavy atom. The standard InChI is InChI=1S/C14H22N2O3/c17-13(18)11-9-10-5-6-12(11)16(10)14(19)15-7-3-1-2-4-8-15/h10-12H,1-9H2,(H,17,18). The Labute approximate surface area is 113 Å². The van der Waals surface area contributed by atoms with Crippen molar-refractivity contribution in [1.82, 2.24) is 9.80 Å². The first kappa shape index (κ1) is 12.8. The van der Waals surface area contributed by atoms with E-state index in [4.69, 9.17) is 0 Å². The summed E-state index contributed by atoms with van der Waals surface area (Å²) in [6, 6.07) is 0.207. The van der Waals surface area contributed by atoms with Crippen LogP contribution in [0.5, 0.6) is 0 Å². The fourth-order valence-corrected chi connectivity index (χ4v) is 3.98. The number of carbonyl (C=O) groups excluding carboxylic acids is 1. The average molecular weight is 266 g/mol. The van der Waals surface area contributed by atoms with Gasteiger partial charge in [0.1, 0.15) is 0 Å². The number of carboxylic acids is 1. The summed E-state index contributed by atoms with van der Waals surface area (Å²) < 4.78 is 0. The summed E-state index contributed by atoms with van der Waals surface area (Å²) in [4.78, 5) is 27.7. The molecule has 0 spiro atoms. The molecule has 0 aromatic rings. The number of carbonyl (C=O) groups is 2. The Morgan fingerprint density at radius 3 is 2.26 bits per heavy atom. The fraction of sp³-hybridized carbons (Fsp3) is 0.857. The molecular weight excluding hydrogens is 244 g/mol. The van der Waals surface area contributed by atoms with E-state index in [1.807, 2.05) is 9.80 Å². The van der Waals surface area contributed by atoms with E-state index in [-0.39, 0.29) is 24.0 Å². The number of amides is 2. The SMILES string of the molecule is O=C(O)C1CC2CCC1N2C(=O)N1CCCCCC1. The summed E-state index contributed by atoms with van der Waals surface area (Å²) in [5.41, 5.74) is 0. The highest BCUT2D eigenvalue weighted by atomic mass is 16.4. The van der Waals surface area contributed by atoms with Crippen LogP contribution in [0.25, 0.3) is 0 Å². The van der Waals surface area contributed by atoms with E-state index in [1.165, 1.54) is 12.8 Å².